The number of carbonyl (C=O) groups is 1. The second-order valence-corrected chi connectivity index (χ2v) is 6.00. The molecule has 0 bridgehead atoms. The van der Waals surface area contributed by atoms with Crippen LogP contribution < -0.4 is 10.1 Å². The smallest absolute Gasteiger partial charge is 0.322 e. The van der Waals surface area contributed by atoms with Crippen molar-refractivity contribution in [2.24, 2.45) is 0 Å². The molecule has 122 valence electrons. The topological polar surface area (TPSA) is 77.2 Å². The van der Waals surface area contributed by atoms with Crippen molar-refractivity contribution >= 4 is 39.5 Å². The van der Waals surface area contributed by atoms with Crippen molar-refractivity contribution in [1.29, 1.82) is 0 Å². The highest BCUT2D eigenvalue weighted by atomic mass is 79.9. The molecule has 2 aromatic carbocycles. The van der Waals surface area contributed by atoms with Gasteiger partial charge in [-0.25, -0.2) is 0 Å². The average Bonchev–Trinajstić information content (AvgIpc) is 3.03. The van der Waals surface area contributed by atoms with Crippen molar-refractivity contribution in [3.63, 3.8) is 0 Å². The first-order valence-corrected chi connectivity index (χ1v) is 8.05. The fourth-order valence-corrected chi connectivity index (χ4v) is 2.42. The third-order valence-corrected chi connectivity index (χ3v) is 3.79. The molecule has 3 aromatic rings. The van der Waals surface area contributed by atoms with Crippen molar-refractivity contribution < 1.29 is 13.9 Å². The van der Waals surface area contributed by atoms with Crippen molar-refractivity contribution in [3.05, 3.63) is 69.5 Å². The lowest BCUT2D eigenvalue weighted by Gasteiger charge is -2.04. The summed E-state index contributed by atoms with van der Waals surface area (Å²) in [6.45, 7) is 0.102. The van der Waals surface area contributed by atoms with Gasteiger partial charge < -0.3 is 9.15 Å². The van der Waals surface area contributed by atoms with E-state index in [4.69, 9.17) is 20.8 Å². The zero-order valence-corrected chi connectivity index (χ0v) is 14.5. The molecule has 0 aliphatic rings. The number of carbonyl (C=O) groups excluding carboxylic acids is 1. The Hall–Kier alpha value is -2.38. The highest BCUT2D eigenvalue weighted by molar-refractivity contribution is 9.10. The minimum absolute atomic E-state index is 0.0253. The summed E-state index contributed by atoms with van der Waals surface area (Å²) >= 11 is 9.30. The van der Waals surface area contributed by atoms with Crippen LogP contribution in [0.4, 0.5) is 6.01 Å². The van der Waals surface area contributed by atoms with Crippen LogP contribution in [0.2, 0.25) is 5.02 Å². The van der Waals surface area contributed by atoms with Gasteiger partial charge in [-0.05, 0) is 30.3 Å². The van der Waals surface area contributed by atoms with E-state index in [9.17, 15) is 4.79 Å². The summed E-state index contributed by atoms with van der Waals surface area (Å²) in [6, 6.07) is 14.2. The average molecular weight is 409 g/mol. The van der Waals surface area contributed by atoms with E-state index in [1.165, 1.54) is 0 Å². The first kappa shape index (κ1) is 16.5. The minimum atomic E-state index is -0.444. The van der Waals surface area contributed by atoms with E-state index in [0.29, 0.717) is 16.3 Å². The zero-order valence-electron chi connectivity index (χ0n) is 12.2. The van der Waals surface area contributed by atoms with E-state index < -0.39 is 5.91 Å². The second-order valence-electron chi connectivity index (χ2n) is 4.68. The molecule has 8 heteroatoms. The molecule has 1 amide bonds. The molecule has 0 saturated heterocycles. The summed E-state index contributed by atoms with van der Waals surface area (Å²) in [5.41, 5.74) is 0.298. The Labute approximate surface area is 150 Å². The highest BCUT2D eigenvalue weighted by Gasteiger charge is 2.15. The number of nitrogens with one attached hydrogen (secondary N) is 1. The number of nitrogens with zero attached hydrogens (tertiary/aromatic N) is 2. The van der Waals surface area contributed by atoms with E-state index >= 15 is 0 Å². The lowest BCUT2D eigenvalue weighted by atomic mass is 10.2. The lowest BCUT2D eigenvalue weighted by molar-refractivity contribution is 0.102. The van der Waals surface area contributed by atoms with Crippen LogP contribution in [0.1, 0.15) is 16.2 Å². The summed E-state index contributed by atoms with van der Waals surface area (Å²) in [6.07, 6.45) is 0. The van der Waals surface area contributed by atoms with Gasteiger partial charge in [0.15, 0.2) is 6.61 Å². The Balaban J connectivity index is 1.63. The summed E-state index contributed by atoms with van der Waals surface area (Å²) < 4.78 is 11.6. The lowest BCUT2D eigenvalue weighted by Crippen LogP contribution is -2.12. The van der Waals surface area contributed by atoms with Crippen LogP contribution in [0.5, 0.6) is 5.75 Å². The minimum Gasteiger partial charge on any atom is -0.484 e. The van der Waals surface area contributed by atoms with E-state index in [1.54, 1.807) is 18.2 Å². The Kier molecular flexibility index (Phi) is 5.12. The number of aromatic nitrogens is 2. The number of para-hydroxylation sites is 1. The van der Waals surface area contributed by atoms with Crippen LogP contribution in [0.25, 0.3) is 0 Å². The number of rotatable bonds is 5. The predicted octanol–water partition coefficient (Wildman–Crippen LogP) is 4.32. The molecule has 1 aromatic heterocycles. The van der Waals surface area contributed by atoms with Crippen LogP contribution in [-0.4, -0.2) is 16.1 Å². The molecule has 0 aliphatic carbocycles. The third kappa shape index (κ3) is 4.12. The van der Waals surface area contributed by atoms with Gasteiger partial charge >= 0.3 is 6.01 Å². The molecule has 6 nitrogen and oxygen atoms in total. The number of hydrogen-bond donors (Lipinski definition) is 1. The Bertz CT molecular complexity index is 855. The van der Waals surface area contributed by atoms with Crippen molar-refractivity contribution in [1.82, 2.24) is 10.2 Å². The van der Waals surface area contributed by atoms with Gasteiger partial charge in [-0.2, -0.15) is 0 Å². The molecule has 0 fully saturated rings. The van der Waals surface area contributed by atoms with Crippen molar-refractivity contribution in [3.8, 4) is 5.75 Å². The predicted molar refractivity (Wildman–Crippen MR) is 92.2 cm³/mol. The highest BCUT2D eigenvalue weighted by Crippen LogP contribution is 2.22. The second kappa shape index (κ2) is 7.46. The molecule has 24 heavy (non-hydrogen) atoms. The largest absolute Gasteiger partial charge is 0.484 e. The number of ether oxygens (including phenoxy) is 1. The first-order chi connectivity index (χ1) is 11.6. The maximum atomic E-state index is 12.2. The van der Waals surface area contributed by atoms with Crippen LogP contribution in [0.3, 0.4) is 0 Å². The maximum Gasteiger partial charge on any atom is 0.322 e. The Morgan fingerprint density at radius 3 is 2.79 bits per heavy atom. The van der Waals surface area contributed by atoms with Crippen molar-refractivity contribution in [2.75, 3.05) is 5.32 Å². The molecule has 1 heterocycles. The van der Waals surface area contributed by atoms with Gasteiger partial charge in [0, 0.05) is 4.47 Å². The fourth-order valence-electron chi connectivity index (χ4n) is 1.86. The van der Waals surface area contributed by atoms with Gasteiger partial charge in [-0.1, -0.05) is 50.8 Å². The van der Waals surface area contributed by atoms with Gasteiger partial charge in [0.1, 0.15) is 5.75 Å². The standard InChI is InChI=1S/C16H11BrClN3O3/c17-10-6-7-13(18)12(8-10)15(22)19-16-21-20-14(24-16)9-23-11-4-2-1-3-5-11/h1-8H,9H2,(H,19,21,22). The SMILES string of the molecule is O=C(Nc1nnc(COc2ccccc2)o1)c1cc(Br)ccc1Cl. The fraction of sp³-hybridized carbons (Fsp3) is 0.0625. The van der Waals surface area contributed by atoms with Gasteiger partial charge in [0.05, 0.1) is 10.6 Å². The summed E-state index contributed by atoms with van der Waals surface area (Å²) in [4.78, 5) is 12.2. The molecule has 0 saturated carbocycles. The molecule has 0 aliphatic heterocycles. The summed E-state index contributed by atoms with van der Waals surface area (Å²) in [5.74, 6) is 0.483. The van der Waals surface area contributed by atoms with E-state index in [1.807, 2.05) is 30.3 Å². The molecule has 0 atom stereocenters. The number of halogens is 2. The number of benzene rings is 2. The maximum absolute atomic E-state index is 12.2. The monoisotopic (exact) mass is 407 g/mol. The molecular formula is C16H11BrClN3O3. The molecule has 1 N–H and O–H groups in total. The first-order valence-electron chi connectivity index (χ1n) is 6.88. The van der Waals surface area contributed by atoms with E-state index in [0.717, 1.165) is 4.47 Å². The number of hydrogen-bond acceptors (Lipinski definition) is 5. The van der Waals surface area contributed by atoms with Gasteiger partial charge in [0.25, 0.3) is 11.8 Å². The Morgan fingerprint density at radius 1 is 1.21 bits per heavy atom. The van der Waals surface area contributed by atoms with Gasteiger partial charge in [-0.15, -0.1) is 5.10 Å². The van der Waals surface area contributed by atoms with Crippen LogP contribution in [0, 0.1) is 0 Å². The number of anilines is 1. The van der Waals surface area contributed by atoms with Gasteiger partial charge in [-0.3, -0.25) is 10.1 Å². The third-order valence-electron chi connectivity index (χ3n) is 2.97. The molecule has 0 unspecified atom stereocenters. The quantitative estimate of drug-likeness (QED) is 0.680. The summed E-state index contributed by atoms with van der Waals surface area (Å²) in [7, 11) is 0. The summed E-state index contributed by atoms with van der Waals surface area (Å²) in [5, 5.41) is 10.4. The normalized spacial score (nSPS) is 10.4. The molecule has 0 spiro atoms. The molecular weight excluding hydrogens is 398 g/mol. The van der Waals surface area contributed by atoms with E-state index in [2.05, 4.69) is 31.4 Å². The van der Waals surface area contributed by atoms with Crippen LogP contribution in [-0.2, 0) is 6.61 Å². The van der Waals surface area contributed by atoms with Crippen molar-refractivity contribution in [2.45, 2.75) is 6.61 Å². The Morgan fingerprint density at radius 2 is 2.00 bits per heavy atom. The van der Waals surface area contributed by atoms with Crippen LogP contribution >= 0.6 is 27.5 Å². The van der Waals surface area contributed by atoms with Gasteiger partial charge in [0.2, 0.25) is 0 Å². The van der Waals surface area contributed by atoms with Crippen LogP contribution in [0.15, 0.2) is 57.4 Å². The molecule has 3 rings (SSSR count). The number of amides is 1. The molecule has 0 radical (unpaired) electrons. The van der Waals surface area contributed by atoms with E-state index in [-0.39, 0.29) is 18.5 Å². The zero-order chi connectivity index (χ0) is 16.9.